The molecule has 4 aromatic rings. The Kier molecular flexibility index (Phi) is 5.19. The van der Waals surface area contributed by atoms with Gasteiger partial charge in [0.1, 0.15) is 22.8 Å². The first-order valence-corrected chi connectivity index (χ1v) is 9.74. The molecule has 5 nitrogen and oxygen atoms in total. The van der Waals surface area contributed by atoms with E-state index in [-0.39, 0.29) is 11.5 Å². The summed E-state index contributed by atoms with van der Waals surface area (Å²) in [6, 6.07) is 16.3. The van der Waals surface area contributed by atoms with Crippen LogP contribution < -0.4 is 10.1 Å². The van der Waals surface area contributed by atoms with Gasteiger partial charge in [-0.05, 0) is 74.0 Å². The summed E-state index contributed by atoms with van der Waals surface area (Å²) >= 11 is 0. The monoisotopic (exact) mass is 421 g/mol. The van der Waals surface area contributed by atoms with Crippen molar-refractivity contribution in [2.75, 3.05) is 5.32 Å². The van der Waals surface area contributed by atoms with Crippen molar-refractivity contribution in [3.05, 3.63) is 89.4 Å². The molecule has 0 aliphatic carbocycles. The van der Waals surface area contributed by atoms with Crippen molar-refractivity contribution < 1.29 is 18.3 Å². The molecule has 0 radical (unpaired) electrons. The fourth-order valence-corrected chi connectivity index (χ4v) is 3.29. The van der Waals surface area contributed by atoms with E-state index in [1.165, 1.54) is 24.3 Å². The van der Waals surface area contributed by atoms with Crippen LogP contribution in [0.25, 0.3) is 5.65 Å². The Balaban J connectivity index is 1.47. The average molecular weight is 421 g/mol. The zero-order valence-electron chi connectivity index (χ0n) is 17.3. The third-order valence-electron chi connectivity index (χ3n) is 4.86. The standard InChI is InChI=1S/C24H21F2N3O2/c1-15-4-13-21-27-16(2)22(29(21)14-15)23(30)28-18-7-11-20(12-8-18)31-19-9-5-17(6-10-19)24(3,25)26/h4-14H,1-3H3,(H,28,30). The summed E-state index contributed by atoms with van der Waals surface area (Å²) in [7, 11) is 0. The molecule has 0 saturated heterocycles. The zero-order valence-corrected chi connectivity index (χ0v) is 17.3. The van der Waals surface area contributed by atoms with Gasteiger partial charge in [-0.1, -0.05) is 6.07 Å². The van der Waals surface area contributed by atoms with Crippen LogP contribution in [0.4, 0.5) is 14.5 Å². The summed E-state index contributed by atoms with van der Waals surface area (Å²) in [5.74, 6) is -2.19. The molecule has 0 aliphatic heterocycles. The van der Waals surface area contributed by atoms with Crippen LogP contribution in [-0.2, 0) is 5.92 Å². The van der Waals surface area contributed by atoms with Crippen LogP contribution in [0.5, 0.6) is 11.5 Å². The highest BCUT2D eigenvalue weighted by Gasteiger charge is 2.23. The van der Waals surface area contributed by atoms with Gasteiger partial charge in [-0.2, -0.15) is 0 Å². The largest absolute Gasteiger partial charge is 0.457 e. The van der Waals surface area contributed by atoms with Gasteiger partial charge in [0.2, 0.25) is 0 Å². The molecule has 0 spiro atoms. The summed E-state index contributed by atoms with van der Waals surface area (Å²) in [5, 5.41) is 2.87. The van der Waals surface area contributed by atoms with Crippen molar-refractivity contribution in [3.8, 4) is 11.5 Å². The molecule has 0 fully saturated rings. The lowest BCUT2D eigenvalue weighted by Gasteiger charge is -2.12. The molecule has 0 aliphatic rings. The molecule has 2 aromatic carbocycles. The lowest BCUT2D eigenvalue weighted by Crippen LogP contribution is -2.15. The highest BCUT2D eigenvalue weighted by molar-refractivity contribution is 6.04. The predicted molar refractivity (Wildman–Crippen MR) is 115 cm³/mol. The fourth-order valence-electron chi connectivity index (χ4n) is 3.29. The minimum absolute atomic E-state index is 0.0733. The summed E-state index contributed by atoms with van der Waals surface area (Å²) < 4.78 is 34.1. The molecule has 1 N–H and O–H groups in total. The Morgan fingerprint density at radius 1 is 0.968 bits per heavy atom. The second-order valence-corrected chi connectivity index (χ2v) is 7.47. The topological polar surface area (TPSA) is 55.6 Å². The Morgan fingerprint density at radius 3 is 2.19 bits per heavy atom. The van der Waals surface area contributed by atoms with E-state index in [0.29, 0.717) is 34.2 Å². The number of carbonyl (C=O) groups excluding carboxylic acids is 1. The third-order valence-corrected chi connectivity index (χ3v) is 4.86. The van der Waals surface area contributed by atoms with Gasteiger partial charge in [0.25, 0.3) is 11.8 Å². The number of anilines is 1. The number of ether oxygens (including phenoxy) is 1. The first-order chi connectivity index (χ1) is 14.7. The number of pyridine rings is 1. The smallest absolute Gasteiger partial charge is 0.274 e. The number of nitrogens with zero attached hydrogens (tertiary/aromatic N) is 2. The van der Waals surface area contributed by atoms with Gasteiger partial charge in [0, 0.05) is 24.4 Å². The van der Waals surface area contributed by atoms with Crippen LogP contribution in [0.3, 0.4) is 0 Å². The molecular weight excluding hydrogens is 400 g/mol. The van der Waals surface area contributed by atoms with Crippen molar-refractivity contribution in [2.24, 2.45) is 0 Å². The van der Waals surface area contributed by atoms with Crippen LogP contribution >= 0.6 is 0 Å². The highest BCUT2D eigenvalue weighted by Crippen LogP contribution is 2.30. The average Bonchev–Trinajstić information content (AvgIpc) is 3.04. The van der Waals surface area contributed by atoms with Gasteiger partial charge in [-0.3, -0.25) is 9.20 Å². The number of alkyl halides is 2. The van der Waals surface area contributed by atoms with Crippen molar-refractivity contribution in [2.45, 2.75) is 26.7 Å². The Labute approximate surface area is 178 Å². The molecule has 1 amide bonds. The number of imidazole rings is 1. The van der Waals surface area contributed by atoms with E-state index >= 15 is 0 Å². The molecule has 158 valence electrons. The summed E-state index contributed by atoms with van der Waals surface area (Å²) in [4.78, 5) is 17.3. The van der Waals surface area contributed by atoms with E-state index in [1.807, 2.05) is 25.3 Å². The van der Waals surface area contributed by atoms with Gasteiger partial charge >= 0.3 is 0 Å². The first-order valence-electron chi connectivity index (χ1n) is 9.74. The molecule has 4 rings (SSSR count). The maximum Gasteiger partial charge on any atom is 0.274 e. The maximum absolute atomic E-state index is 13.3. The number of carbonyl (C=O) groups is 1. The van der Waals surface area contributed by atoms with Crippen LogP contribution in [0.1, 0.15) is 34.2 Å². The van der Waals surface area contributed by atoms with Crippen molar-refractivity contribution in [1.29, 1.82) is 0 Å². The number of benzene rings is 2. The van der Waals surface area contributed by atoms with Gasteiger partial charge < -0.3 is 10.1 Å². The number of aromatic nitrogens is 2. The van der Waals surface area contributed by atoms with Gasteiger partial charge in [-0.25, -0.2) is 13.8 Å². The summed E-state index contributed by atoms with van der Waals surface area (Å²) in [6.45, 7) is 4.61. The zero-order chi connectivity index (χ0) is 22.2. The second kappa shape index (κ2) is 7.83. The van der Waals surface area contributed by atoms with Gasteiger partial charge in [-0.15, -0.1) is 0 Å². The third kappa shape index (κ3) is 4.40. The van der Waals surface area contributed by atoms with E-state index in [9.17, 15) is 13.6 Å². The lowest BCUT2D eigenvalue weighted by molar-refractivity contribution is 0.0174. The van der Waals surface area contributed by atoms with Crippen molar-refractivity contribution in [1.82, 2.24) is 9.38 Å². The number of aryl methyl sites for hydroxylation is 2. The SMILES string of the molecule is Cc1ccc2nc(C)c(C(=O)Nc3ccc(Oc4ccc(C(C)(F)F)cc4)cc3)n2c1. The highest BCUT2D eigenvalue weighted by atomic mass is 19.3. The number of fused-ring (bicyclic) bond motifs is 1. The molecular formula is C24H21F2N3O2. The maximum atomic E-state index is 13.3. The quantitative estimate of drug-likeness (QED) is 0.423. The number of hydrogen-bond acceptors (Lipinski definition) is 3. The van der Waals surface area contributed by atoms with E-state index in [2.05, 4.69) is 10.3 Å². The van der Waals surface area contributed by atoms with Gasteiger partial charge in [0.05, 0.1) is 5.69 Å². The summed E-state index contributed by atoms with van der Waals surface area (Å²) in [6.07, 6.45) is 1.88. The Morgan fingerprint density at radius 2 is 1.58 bits per heavy atom. The fraction of sp³-hybridized carbons (Fsp3) is 0.167. The molecule has 2 heterocycles. The molecule has 0 bridgehead atoms. The number of amides is 1. The molecule has 31 heavy (non-hydrogen) atoms. The lowest BCUT2D eigenvalue weighted by atomic mass is 10.1. The van der Waals surface area contributed by atoms with E-state index in [0.717, 1.165) is 12.5 Å². The Bertz CT molecular complexity index is 1240. The first kappa shape index (κ1) is 20.5. The Hall–Kier alpha value is -3.74. The molecule has 0 unspecified atom stereocenters. The molecule has 0 atom stereocenters. The minimum atomic E-state index is -2.89. The molecule has 0 saturated carbocycles. The van der Waals surface area contributed by atoms with Crippen molar-refractivity contribution >= 4 is 17.2 Å². The molecule has 7 heteroatoms. The van der Waals surface area contributed by atoms with Crippen LogP contribution in [0.2, 0.25) is 0 Å². The normalized spacial score (nSPS) is 11.5. The number of rotatable bonds is 5. The van der Waals surface area contributed by atoms with E-state index in [4.69, 9.17) is 4.74 Å². The minimum Gasteiger partial charge on any atom is -0.457 e. The van der Waals surface area contributed by atoms with Crippen LogP contribution in [0.15, 0.2) is 66.9 Å². The van der Waals surface area contributed by atoms with E-state index < -0.39 is 5.92 Å². The van der Waals surface area contributed by atoms with E-state index in [1.54, 1.807) is 35.6 Å². The number of halogens is 2. The number of nitrogens with one attached hydrogen (secondary N) is 1. The molecule has 2 aromatic heterocycles. The predicted octanol–water partition coefficient (Wildman–Crippen LogP) is 6.11. The van der Waals surface area contributed by atoms with Crippen molar-refractivity contribution in [3.63, 3.8) is 0 Å². The van der Waals surface area contributed by atoms with Gasteiger partial charge in [0.15, 0.2) is 0 Å². The second-order valence-electron chi connectivity index (χ2n) is 7.47. The van der Waals surface area contributed by atoms with Crippen LogP contribution in [0, 0.1) is 13.8 Å². The number of hydrogen-bond donors (Lipinski definition) is 1. The van der Waals surface area contributed by atoms with Crippen LogP contribution in [-0.4, -0.2) is 15.3 Å². The summed E-state index contributed by atoms with van der Waals surface area (Å²) in [5.41, 5.74) is 3.38.